The second-order valence-corrected chi connectivity index (χ2v) is 11.2. The maximum atomic E-state index is 6.47. The molecule has 2 aromatic rings. The van der Waals surface area contributed by atoms with Crippen LogP contribution in [-0.4, -0.2) is 29.2 Å². The third kappa shape index (κ3) is 4.98. The number of para-hydroxylation sites is 1. The average Bonchev–Trinajstić information content (AvgIpc) is 3.52. The first-order valence-electron chi connectivity index (χ1n) is 11.3. The van der Waals surface area contributed by atoms with Gasteiger partial charge in [-0.15, -0.1) is 0 Å². The van der Waals surface area contributed by atoms with Crippen molar-refractivity contribution in [3.8, 4) is 0 Å². The van der Waals surface area contributed by atoms with E-state index in [4.69, 9.17) is 5.73 Å². The lowest BCUT2D eigenvalue weighted by Crippen LogP contribution is -2.28. The molecule has 2 aliphatic rings. The van der Waals surface area contributed by atoms with Gasteiger partial charge in [-0.2, -0.15) is 0 Å². The van der Waals surface area contributed by atoms with Crippen LogP contribution in [0.1, 0.15) is 70.9 Å². The molecule has 5 N–H and O–H groups in total. The molecule has 0 aromatic heterocycles. The molecule has 0 saturated heterocycles. The zero-order valence-electron chi connectivity index (χ0n) is 19.3. The topological polar surface area (TPSA) is 62.1 Å². The number of nitrogens with one attached hydrogen (secondary N) is 3. The summed E-state index contributed by atoms with van der Waals surface area (Å²) in [5, 5.41) is 11.0. The van der Waals surface area contributed by atoms with Crippen molar-refractivity contribution in [1.29, 1.82) is 0 Å². The smallest absolute Gasteiger partial charge is 0.0380 e. The molecule has 0 aliphatic heterocycles. The van der Waals surface area contributed by atoms with Gasteiger partial charge in [0.2, 0.25) is 0 Å². The van der Waals surface area contributed by atoms with Gasteiger partial charge in [0.1, 0.15) is 0 Å². The molecule has 4 nitrogen and oxygen atoms in total. The third-order valence-corrected chi connectivity index (χ3v) is 5.96. The molecule has 5 atom stereocenters. The molecule has 0 bridgehead atoms. The molecule has 2 aliphatic carbocycles. The fraction of sp³-hybridized carbons (Fsp3) is 0.538. The fourth-order valence-corrected chi connectivity index (χ4v) is 4.51. The molecular formula is C26H38N4. The number of hydrogen-bond donors (Lipinski definition) is 4. The summed E-state index contributed by atoms with van der Waals surface area (Å²) in [6.45, 7) is 13.2. The molecule has 0 heterocycles. The van der Waals surface area contributed by atoms with Crippen molar-refractivity contribution in [1.82, 2.24) is 5.32 Å². The average molecular weight is 407 g/mol. The van der Waals surface area contributed by atoms with Gasteiger partial charge in [-0.1, -0.05) is 30.3 Å². The molecular weight excluding hydrogens is 368 g/mol. The van der Waals surface area contributed by atoms with Crippen LogP contribution in [0.2, 0.25) is 0 Å². The highest BCUT2D eigenvalue weighted by atomic mass is 15.1. The Morgan fingerprint density at radius 1 is 0.833 bits per heavy atom. The molecule has 2 aromatic carbocycles. The maximum Gasteiger partial charge on any atom is 0.0380 e. The maximum absolute atomic E-state index is 6.47. The van der Waals surface area contributed by atoms with Gasteiger partial charge in [-0.05, 0) is 77.3 Å². The van der Waals surface area contributed by atoms with E-state index in [-0.39, 0.29) is 17.1 Å². The fourth-order valence-electron chi connectivity index (χ4n) is 4.51. The summed E-state index contributed by atoms with van der Waals surface area (Å²) in [5.74, 6) is 0.987. The predicted molar refractivity (Wildman–Crippen MR) is 128 cm³/mol. The largest absolute Gasteiger partial charge is 0.380 e. The molecule has 4 heteroatoms. The van der Waals surface area contributed by atoms with Crippen LogP contribution in [0.4, 0.5) is 11.4 Å². The molecule has 2 fully saturated rings. The van der Waals surface area contributed by atoms with Gasteiger partial charge < -0.3 is 21.7 Å². The van der Waals surface area contributed by atoms with Crippen LogP contribution in [0.15, 0.2) is 48.5 Å². The third-order valence-electron chi connectivity index (χ3n) is 5.96. The molecule has 3 unspecified atom stereocenters. The minimum atomic E-state index is 0.0614. The van der Waals surface area contributed by atoms with Crippen LogP contribution in [0.25, 0.3) is 0 Å². The van der Waals surface area contributed by atoms with E-state index in [1.807, 2.05) is 0 Å². The van der Waals surface area contributed by atoms with E-state index in [2.05, 4.69) is 106 Å². The van der Waals surface area contributed by atoms with E-state index in [0.29, 0.717) is 23.9 Å². The van der Waals surface area contributed by atoms with E-state index in [9.17, 15) is 0 Å². The number of anilines is 2. The first kappa shape index (κ1) is 21.2. The van der Waals surface area contributed by atoms with E-state index in [0.717, 1.165) is 5.69 Å². The minimum Gasteiger partial charge on any atom is -0.380 e. The highest BCUT2D eigenvalue weighted by Gasteiger charge is 2.52. The number of hydrogen-bond acceptors (Lipinski definition) is 4. The SMILES string of the molecule is CC(C)(C)Nc1ccc([C@H]2C(N)C2NC2C[C@H]2c2ccccc2NC(C)(C)C)cc1. The number of benzene rings is 2. The van der Waals surface area contributed by atoms with Crippen molar-refractivity contribution >= 4 is 11.4 Å². The van der Waals surface area contributed by atoms with Gasteiger partial charge in [0.25, 0.3) is 0 Å². The van der Waals surface area contributed by atoms with Gasteiger partial charge in [0.15, 0.2) is 0 Å². The number of nitrogens with two attached hydrogens (primary N) is 1. The lowest BCUT2D eigenvalue weighted by molar-refractivity contribution is 0.628. The van der Waals surface area contributed by atoms with Crippen LogP contribution in [-0.2, 0) is 0 Å². The van der Waals surface area contributed by atoms with Gasteiger partial charge in [-0.3, -0.25) is 0 Å². The van der Waals surface area contributed by atoms with E-state index >= 15 is 0 Å². The second-order valence-electron chi connectivity index (χ2n) is 11.2. The predicted octanol–water partition coefficient (Wildman–Crippen LogP) is 5.05. The van der Waals surface area contributed by atoms with Crippen molar-refractivity contribution in [2.45, 2.75) is 89.0 Å². The van der Waals surface area contributed by atoms with Crippen molar-refractivity contribution < 1.29 is 0 Å². The normalized spacial score (nSPS) is 28.2. The van der Waals surface area contributed by atoms with Crippen LogP contribution >= 0.6 is 0 Å². The number of rotatable bonds is 6. The minimum absolute atomic E-state index is 0.0614. The van der Waals surface area contributed by atoms with Gasteiger partial charge in [0, 0.05) is 52.4 Å². The monoisotopic (exact) mass is 406 g/mol. The molecule has 4 rings (SSSR count). The first-order chi connectivity index (χ1) is 14.0. The lowest BCUT2D eigenvalue weighted by atomic mass is 10.0. The van der Waals surface area contributed by atoms with E-state index in [1.165, 1.54) is 23.2 Å². The summed E-state index contributed by atoms with van der Waals surface area (Å²) < 4.78 is 0. The summed E-state index contributed by atoms with van der Waals surface area (Å²) in [7, 11) is 0. The lowest BCUT2D eigenvalue weighted by Gasteiger charge is -2.24. The molecule has 0 amide bonds. The molecule has 162 valence electrons. The van der Waals surface area contributed by atoms with E-state index in [1.54, 1.807) is 0 Å². The first-order valence-corrected chi connectivity index (χ1v) is 11.3. The van der Waals surface area contributed by atoms with Crippen LogP contribution in [0.5, 0.6) is 0 Å². The standard InChI is InChI=1S/C26H38N4/c1-25(2,3)29-17-13-11-16(12-14-17)22-23(27)24(22)28-21-15-19(21)18-9-7-8-10-20(18)30-26(4,5)6/h7-14,19,21-24,28-30H,15,27H2,1-6H3/t19-,21?,22-,23?,24?/m0/s1. The summed E-state index contributed by atoms with van der Waals surface area (Å²) in [5.41, 5.74) is 11.8. The van der Waals surface area contributed by atoms with Crippen LogP contribution < -0.4 is 21.7 Å². The Hall–Kier alpha value is -2.04. The van der Waals surface area contributed by atoms with E-state index < -0.39 is 0 Å². The Morgan fingerprint density at radius 2 is 1.47 bits per heavy atom. The Kier molecular flexibility index (Phi) is 5.36. The van der Waals surface area contributed by atoms with Crippen LogP contribution in [0.3, 0.4) is 0 Å². The summed E-state index contributed by atoms with van der Waals surface area (Å²) in [4.78, 5) is 0. The molecule has 0 radical (unpaired) electrons. The second kappa shape index (κ2) is 7.58. The van der Waals surface area contributed by atoms with Crippen molar-refractivity contribution in [2.75, 3.05) is 10.6 Å². The van der Waals surface area contributed by atoms with Crippen LogP contribution in [0, 0.1) is 0 Å². The highest BCUT2D eigenvalue weighted by Crippen LogP contribution is 2.48. The highest BCUT2D eigenvalue weighted by molar-refractivity contribution is 5.56. The van der Waals surface area contributed by atoms with Gasteiger partial charge >= 0.3 is 0 Å². The summed E-state index contributed by atoms with van der Waals surface area (Å²) >= 11 is 0. The summed E-state index contributed by atoms with van der Waals surface area (Å²) in [6, 6.07) is 18.7. The Morgan fingerprint density at radius 3 is 2.10 bits per heavy atom. The quantitative estimate of drug-likeness (QED) is 0.542. The van der Waals surface area contributed by atoms with Crippen molar-refractivity contribution in [3.05, 3.63) is 59.7 Å². The van der Waals surface area contributed by atoms with Gasteiger partial charge in [0.05, 0.1) is 0 Å². The molecule has 0 spiro atoms. The molecule has 30 heavy (non-hydrogen) atoms. The Bertz CT molecular complexity index is 875. The van der Waals surface area contributed by atoms with Crippen molar-refractivity contribution in [2.24, 2.45) is 5.73 Å². The van der Waals surface area contributed by atoms with Gasteiger partial charge in [-0.25, -0.2) is 0 Å². The zero-order valence-corrected chi connectivity index (χ0v) is 19.3. The zero-order chi connectivity index (χ0) is 21.7. The molecule has 2 saturated carbocycles. The Labute approximate surface area is 182 Å². The van der Waals surface area contributed by atoms with Crippen molar-refractivity contribution in [3.63, 3.8) is 0 Å². The summed E-state index contributed by atoms with van der Waals surface area (Å²) in [6.07, 6.45) is 1.19. The Balaban J connectivity index is 1.36.